The Morgan fingerprint density at radius 2 is 1.96 bits per heavy atom. The van der Waals surface area contributed by atoms with Crippen LogP contribution in [0.3, 0.4) is 0 Å². The lowest BCUT2D eigenvalue weighted by Gasteiger charge is -2.17. The predicted molar refractivity (Wildman–Crippen MR) is 95.9 cm³/mol. The number of rotatable bonds is 5. The van der Waals surface area contributed by atoms with Crippen molar-refractivity contribution in [2.75, 3.05) is 20.2 Å². The van der Waals surface area contributed by atoms with Gasteiger partial charge in [0.05, 0.1) is 7.11 Å². The highest BCUT2D eigenvalue weighted by atomic mass is 16.5. The predicted octanol–water partition coefficient (Wildman–Crippen LogP) is 3.07. The van der Waals surface area contributed by atoms with Crippen LogP contribution in [0.2, 0.25) is 0 Å². The Bertz CT molecular complexity index is 697. The Morgan fingerprint density at radius 1 is 1.21 bits per heavy atom. The highest BCUT2D eigenvalue weighted by Gasteiger charge is 2.22. The molecule has 0 aliphatic carbocycles. The zero-order valence-corrected chi connectivity index (χ0v) is 14.3. The van der Waals surface area contributed by atoms with Crippen LogP contribution in [0.1, 0.15) is 18.9 Å². The molecular weight excluding hydrogens is 300 g/mol. The van der Waals surface area contributed by atoms with Crippen molar-refractivity contribution in [1.29, 1.82) is 0 Å². The van der Waals surface area contributed by atoms with Gasteiger partial charge in [0.2, 0.25) is 5.91 Å². The van der Waals surface area contributed by atoms with Crippen LogP contribution in [0, 0.1) is 0 Å². The number of hydrogen-bond acceptors (Lipinski definition) is 3. The maximum atomic E-state index is 11.1. The van der Waals surface area contributed by atoms with Gasteiger partial charge in [-0.3, -0.25) is 9.69 Å². The van der Waals surface area contributed by atoms with Crippen molar-refractivity contribution >= 4 is 5.91 Å². The number of hydrogen-bond donors (Lipinski definition) is 1. The van der Waals surface area contributed by atoms with Gasteiger partial charge in [0.1, 0.15) is 5.75 Å². The smallest absolute Gasteiger partial charge is 0.217 e. The Morgan fingerprint density at radius 3 is 2.67 bits per heavy atom. The van der Waals surface area contributed by atoms with Crippen molar-refractivity contribution in [2.45, 2.75) is 25.9 Å². The summed E-state index contributed by atoms with van der Waals surface area (Å²) in [4.78, 5) is 13.5. The molecule has 2 aromatic rings. The number of amides is 1. The topological polar surface area (TPSA) is 41.6 Å². The van der Waals surface area contributed by atoms with Gasteiger partial charge in [-0.1, -0.05) is 42.5 Å². The number of ether oxygens (including phenoxy) is 1. The fourth-order valence-electron chi connectivity index (χ4n) is 3.31. The molecule has 1 heterocycles. The van der Waals surface area contributed by atoms with Crippen LogP contribution in [0.25, 0.3) is 11.1 Å². The quantitative estimate of drug-likeness (QED) is 0.919. The molecule has 1 aliphatic heterocycles. The molecule has 0 bridgehead atoms. The third kappa shape index (κ3) is 3.95. The summed E-state index contributed by atoms with van der Waals surface area (Å²) in [6.07, 6.45) is 1.03. The van der Waals surface area contributed by atoms with Crippen LogP contribution in [0.15, 0.2) is 48.5 Å². The van der Waals surface area contributed by atoms with E-state index in [1.54, 1.807) is 14.0 Å². The standard InChI is InChI=1S/C20H24N2O2/c1-15(23)21-18-11-12-22(14-18)13-16-7-9-17(10-8-16)19-5-3-4-6-20(19)24-2/h3-10,18H,11-14H2,1-2H3,(H,21,23). The molecule has 1 atom stereocenters. The number of carbonyl (C=O) groups excluding carboxylic acids is 1. The molecule has 0 radical (unpaired) electrons. The molecule has 1 fully saturated rings. The number of likely N-dealkylation sites (tertiary alicyclic amines) is 1. The zero-order chi connectivity index (χ0) is 16.9. The average molecular weight is 324 g/mol. The van der Waals surface area contributed by atoms with Gasteiger partial charge in [-0.05, 0) is 23.6 Å². The number of carbonyl (C=O) groups is 1. The molecule has 1 N–H and O–H groups in total. The minimum atomic E-state index is 0.0583. The minimum Gasteiger partial charge on any atom is -0.496 e. The fourth-order valence-corrected chi connectivity index (χ4v) is 3.31. The van der Waals surface area contributed by atoms with Crippen LogP contribution in [-0.2, 0) is 11.3 Å². The average Bonchev–Trinajstić information content (AvgIpc) is 3.01. The number of nitrogens with zero attached hydrogens (tertiary/aromatic N) is 1. The molecule has 1 aliphatic rings. The molecule has 24 heavy (non-hydrogen) atoms. The fraction of sp³-hybridized carbons (Fsp3) is 0.350. The lowest BCUT2D eigenvalue weighted by molar-refractivity contribution is -0.119. The van der Waals surface area contributed by atoms with Crippen molar-refractivity contribution in [3.05, 3.63) is 54.1 Å². The molecule has 0 saturated carbocycles. The van der Waals surface area contributed by atoms with Gasteiger partial charge in [-0.2, -0.15) is 0 Å². The molecule has 4 nitrogen and oxygen atoms in total. The third-order valence-corrected chi connectivity index (χ3v) is 4.46. The second-order valence-corrected chi connectivity index (χ2v) is 6.32. The summed E-state index contributed by atoms with van der Waals surface area (Å²) < 4.78 is 5.44. The van der Waals surface area contributed by atoms with E-state index in [2.05, 4.69) is 40.5 Å². The van der Waals surface area contributed by atoms with Crippen molar-refractivity contribution in [2.24, 2.45) is 0 Å². The van der Waals surface area contributed by atoms with Gasteiger partial charge < -0.3 is 10.1 Å². The van der Waals surface area contributed by atoms with Gasteiger partial charge in [-0.15, -0.1) is 0 Å². The maximum absolute atomic E-state index is 11.1. The van der Waals surface area contributed by atoms with Crippen LogP contribution >= 0.6 is 0 Å². The van der Waals surface area contributed by atoms with E-state index in [1.165, 1.54) is 5.56 Å². The number of para-hydroxylation sites is 1. The van der Waals surface area contributed by atoms with Gasteiger partial charge in [0, 0.05) is 38.2 Å². The van der Waals surface area contributed by atoms with E-state index in [0.29, 0.717) is 0 Å². The first-order valence-electron chi connectivity index (χ1n) is 8.37. The highest BCUT2D eigenvalue weighted by molar-refractivity contribution is 5.73. The summed E-state index contributed by atoms with van der Waals surface area (Å²) in [6, 6.07) is 17.0. The summed E-state index contributed by atoms with van der Waals surface area (Å²) in [7, 11) is 1.70. The van der Waals surface area contributed by atoms with E-state index in [9.17, 15) is 4.79 Å². The molecule has 2 aromatic carbocycles. The van der Waals surface area contributed by atoms with Crippen LogP contribution in [0.5, 0.6) is 5.75 Å². The Balaban J connectivity index is 1.64. The maximum Gasteiger partial charge on any atom is 0.217 e. The molecule has 3 rings (SSSR count). The van der Waals surface area contributed by atoms with Crippen molar-refractivity contribution in [1.82, 2.24) is 10.2 Å². The number of nitrogens with one attached hydrogen (secondary N) is 1. The van der Waals surface area contributed by atoms with Crippen LogP contribution in [0.4, 0.5) is 0 Å². The Labute approximate surface area is 143 Å². The molecular formula is C20H24N2O2. The minimum absolute atomic E-state index is 0.0583. The van der Waals surface area contributed by atoms with Crippen molar-refractivity contribution in [3.8, 4) is 16.9 Å². The summed E-state index contributed by atoms with van der Waals surface area (Å²) in [5, 5.41) is 3.01. The lowest BCUT2D eigenvalue weighted by atomic mass is 10.0. The molecule has 4 heteroatoms. The van der Waals surface area contributed by atoms with E-state index in [-0.39, 0.29) is 11.9 Å². The SMILES string of the molecule is COc1ccccc1-c1ccc(CN2CCC(NC(C)=O)C2)cc1. The van der Waals surface area contributed by atoms with Crippen molar-refractivity contribution < 1.29 is 9.53 Å². The van der Waals surface area contributed by atoms with Gasteiger partial charge in [0.25, 0.3) is 0 Å². The van der Waals surface area contributed by atoms with Crippen LogP contribution < -0.4 is 10.1 Å². The largest absolute Gasteiger partial charge is 0.496 e. The molecule has 126 valence electrons. The second kappa shape index (κ2) is 7.49. The van der Waals surface area contributed by atoms with Gasteiger partial charge in [0.15, 0.2) is 0 Å². The number of methoxy groups -OCH3 is 1. The number of benzene rings is 2. The summed E-state index contributed by atoms with van der Waals surface area (Å²) in [5.74, 6) is 0.950. The first-order chi connectivity index (χ1) is 11.7. The van der Waals surface area contributed by atoms with E-state index < -0.39 is 0 Å². The van der Waals surface area contributed by atoms with Crippen LogP contribution in [-0.4, -0.2) is 37.0 Å². The summed E-state index contributed by atoms with van der Waals surface area (Å²) in [6.45, 7) is 4.45. The third-order valence-electron chi connectivity index (χ3n) is 4.46. The lowest BCUT2D eigenvalue weighted by Crippen LogP contribution is -2.35. The first-order valence-corrected chi connectivity index (χ1v) is 8.37. The molecule has 1 saturated heterocycles. The summed E-state index contributed by atoms with van der Waals surface area (Å²) in [5.41, 5.74) is 3.56. The Kier molecular flexibility index (Phi) is 5.16. The van der Waals surface area contributed by atoms with Gasteiger partial charge in [-0.25, -0.2) is 0 Å². The normalized spacial score (nSPS) is 17.7. The molecule has 0 aromatic heterocycles. The molecule has 1 amide bonds. The Hall–Kier alpha value is -2.33. The first kappa shape index (κ1) is 16.5. The zero-order valence-electron chi connectivity index (χ0n) is 14.3. The van der Waals surface area contributed by atoms with Gasteiger partial charge >= 0.3 is 0 Å². The van der Waals surface area contributed by atoms with E-state index >= 15 is 0 Å². The van der Waals surface area contributed by atoms with E-state index in [0.717, 1.165) is 42.9 Å². The monoisotopic (exact) mass is 324 g/mol. The molecule has 1 unspecified atom stereocenters. The second-order valence-electron chi connectivity index (χ2n) is 6.32. The van der Waals surface area contributed by atoms with Crippen molar-refractivity contribution in [3.63, 3.8) is 0 Å². The van der Waals surface area contributed by atoms with E-state index in [4.69, 9.17) is 4.74 Å². The highest BCUT2D eigenvalue weighted by Crippen LogP contribution is 2.29. The molecule has 0 spiro atoms. The van der Waals surface area contributed by atoms with E-state index in [1.807, 2.05) is 18.2 Å². The summed E-state index contributed by atoms with van der Waals surface area (Å²) >= 11 is 0.